The van der Waals surface area contributed by atoms with Gasteiger partial charge in [0.15, 0.2) is 5.78 Å². The van der Waals surface area contributed by atoms with Crippen LogP contribution in [-0.4, -0.2) is 30.9 Å². The average molecular weight is 405 g/mol. The lowest BCUT2D eigenvalue weighted by Gasteiger charge is -2.28. The number of hydrogen-bond acceptors (Lipinski definition) is 5. The first-order valence-corrected chi connectivity index (χ1v) is 10.6. The van der Waals surface area contributed by atoms with Gasteiger partial charge in [-0.3, -0.25) is 14.4 Å². The van der Waals surface area contributed by atoms with Gasteiger partial charge < -0.3 is 9.47 Å². The minimum Gasteiger partial charge on any atom is -0.465 e. The maximum Gasteiger partial charge on any atom is 0.302 e. The molecule has 0 aromatic heterocycles. The fraction of sp³-hybridized carbons (Fsp3) is 0.625. The summed E-state index contributed by atoms with van der Waals surface area (Å²) in [5.41, 5.74) is 1.40. The SMILES string of the molecule is CCCCCCCC(=O)c1ccc(CCC(C)(COC(C)=O)COC(C)=O)cc1. The van der Waals surface area contributed by atoms with E-state index in [1.807, 2.05) is 31.2 Å². The average Bonchev–Trinajstić information content (AvgIpc) is 2.69. The predicted molar refractivity (Wildman–Crippen MR) is 114 cm³/mol. The molecule has 0 N–H and O–H groups in total. The summed E-state index contributed by atoms with van der Waals surface area (Å²) in [6, 6.07) is 7.73. The van der Waals surface area contributed by atoms with Crippen molar-refractivity contribution in [3.8, 4) is 0 Å². The number of unbranched alkanes of at least 4 members (excludes halogenated alkanes) is 4. The number of benzene rings is 1. The minimum absolute atomic E-state index is 0.197. The van der Waals surface area contributed by atoms with Gasteiger partial charge in [-0.05, 0) is 24.8 Å². The summed E-state index contributed by atoms with van der Waals surface area (Å²) >= 11 is 0. The van der Waals surface area contributed by atoms with Crippen LogP contribution in [0.1, 0.15) is 88.6 Å². The van der Waals surface area contributed by atoms with Crippen LogP contribution in [0.4, 0.5) is 0 Å². The molecule has 0 saturated heterocycles. The number of ketones is 1. The van der Waals surface area contributed by atoms with Crippen LogP contribution in [0, 0.1) is 5.41 Å². The van der Waals surface area contributed by atoms with Gasteiger partial charge in [0.1, 0.15) is 0 Å². The van der Waals surface area contributed by atoms with Crippen molar-refractivity contribution in [3.63, 3.8) is 0 Å². The van der Waals surface area contributed by atoms with Crippen LogP contribution < -0.4 is 0 Å². The number of aryl methyl sites for hydroxylation is 1. The van der Waals surface area contributed by atoms with Crippen molar-refractivity contribution in [2.24, 2.45) is 5.41 Å². The van der Waals surface area contributed by atoms with E-state index in [9.17, 15) is 14.4 Å². The van der Waals surface area contributed by atoms with Crippen molar-refractivity contribution < 1.29 is 23.9 Å². The van der Waals surface area contributed by atoms with Crippen molar-refractivity contribution in [2.75, 3.05) is 13.2 Å². The molecule has 5 heteroatoms. The highest BCUT2D eigenvalue weighted by Gasteiger charge is 2.27. The van der Waals surface area contributed by atoms with E-state index in [0.717, 1.165) is 30.4 Å². The Morgan fingerprint density at radius 3 is 1.93 bits per heavy atom. The number of carbonyl (C=O) groups is 3. The second kappa shape index (κ2) is 13.1. The smallest absolute Gasteiger partial charge is 0.302 e. The Balaban J connectivity index is 2.57. The van der Waals surface area contributed by atoms with Gasteiger partial charge in [0.2, 0.25) is 0 Å². The number of hydrogen-bond donors (Lipinski definition) is 0. The Bertz CT molecular complexity index is 630. The molecule has 0 amide bonds. The molecule has 0 spiro atoms. The largest absolute Gasteiger partial charge is 0.465 e. The fourth-order valence-corrected chi connectivity index (χ4v) is 3.07. The third-order valence-corrected chi connectivity index (χ3v) is 5.05. The Hall–Kier alpha value is -2.17. The third kappa shape index (κ3) is 10.8. The van der Waals surface area contributed by atoms with E-state index in [1.165, 1.54) is 33.1 Å². The van der Waals surface area contributed by atoms with Crippen LogP contribution >= 0.6 is 0 Å². The van der Waals surface area contributed by atoms with E-state index in [-0.39, 0.29) is 30.9 Å². The molecule has 0 aliphatic rings. The Morgan fingerprint density at radius 2 is 1.41 bits per heavy atom. The number of carbonyl (C=O) groups excluding carboxylic acids is 3. The van der Waals surface area contributed by atoms with E-state index in [2.05, 4.69) is 6.92 Å². The maximum atomic E-state index is 12.3. The molecule has 0 unspecified atom stereocenters. The standard InChI is InChI=1S/C24H36O5/c1-5-6-7-8-9-10-23(27)22-13-11-21(12-14-22)15-16-24(4,17-28-19(2)25)18-29-20(3)26/h11-14H,5-10,15-18H2,1-4H3. The Labute approximate surface area is 175 Å². The lowest BCUT2D eigenvalue weighted by Crippen LogP contribution is -2.31. The van der Waals surface area contributed by atoms with Gasteiger partial charge in [0, 0.05) is 31.2 Å². The van der Waals surface area contributed by atoms with Crippen molar-refractivity contribution >= 4 is 17.7 Å². The molecule has 0 radical (unpaired) electrons. The topological polar surface area (TPSA) is 69.7 Å². The molecule has 29 heavy (non-hydrogen) atoms. The van der Waals surface area contributed by atoms with Gasteiger partial charge in [0.25, 0.3) is 0 Å². The van der Waals surface area contributed by atoms with Crippen LogP contribution in [0.25, 0.3) is 0 Å². The molecule has 1 rings (SSSR count). The van der Waals surface area contributed by atoms with E-state index in [4.69, 9.17) is 9.47 Å². The molecule has 0 fully saturated rings. The quantitative estimate of drug-likeness (QED) is 0.239. The summed E-state index contributed by atoms with van der Waals surface area (Å²) in [5.74, 6) is -0.504. The molecule has 0 bridgehead atoms. The zero-order chi connectivity index (χ0) is 21.7. The summed E-state index contributed by atoms with van der Waals surface area (Å²) in [7, 11) is 0. The number of Topliss-reactive ketones (excluding diaryl/α,β-unsaturated/α-hetero) is 1. The molecular formula is C24H36O5. The molecule has 0 heterocycles. The van der Waals surface area contributed by atoms with Crippen LogP contribution in [0.5, 0.6) is 0 Å². The zero-order valence-corrected chi connectivity index (χ0v) is 18.4. The van der Waals surface area contributed by atoms with Crippen LogP contribution in [0.2, 0.25) is 0 Å². The number of rotatable bonds is 14. The molecular weight excluding hydrogens is 368 g/mol. The first-order chi connectivity index (χ1) is 13.8. The molecule has 162 valence electrons. The molecule has 1 aromatic rings. The highest BCUT2D eigenvalue weighted by molar-refractivity contribution is 5.96. The van der Waals surface area contributed by atoms with E-state index >= 15 is 0 Å². The molecule has 0 saturated carbocycles. The molecule has 5 nitrogen and oxygen atoms in total. The zero-order valence-electron chi connectivity index (χ0n) is 18.4. The first kappa shape index (κ1) is 24.9. The summed E-state index contributed by atoms with van der Waals surface area (Å²) in [6.45, 7) is 7.25. The van der Waals surface area contributed by atoms with E-state index < -0.39 is 5.41 Å². The highest BCUT2D eigenvalue weighted by atomic mass is 16.5. The predicted octanol–water partition coefficient (Wildman–Crippen LogP) is 5.29. The number of esters is 2. The second-order valence-electron chi connectivity index (χ2n) is 8.16. The molecule has 0 atom stereocenters. The molecule has 0 aliphatic heterocycles. The lowest BCUT2D eigenvalue weighted by molar-refractivity contribution is -0.150. The number of ether oxygens (including phenoxy) is 2. The summed E-state index contributed by atoms with van der Waals surface area (Å²) in [6.07, 6.45) is 7.73. The van der Waals surface area contributed by atoms with Crippen molar-refractivity contribution in [1.82, 2.24) is 0 Å². The van der Waals surface area contributed by atoms with Gasteiger partial charge in [-0.1, -0.05) is 63.8 Å². The third-order valence-electron chi connectivity index (χ3n) is 5.05. The highest BCUT2D eigenvalue weighted by Crippen LogP contribution is 2.25. The summed E-state index contributed by atoms with van der Waals surface area (Å²) < 4.78 is 10.3. The summed E-state index contributed by atoms with van der Waals surface area (Å²) in [5, 5.41) is 0. The van der Waals surface area contributed by atoms with Crippen molar-refractivity contribution in [2.45, 2.75) is 79.1 Å². The summed E-state index contributed by atoms with van der Waals surface area (Å²) in [4.78, 5) is 34.6. The van der Waals surface area contributed by atoms with Crippen molar-refractivity contribution in [1.29, 1.82) is 0 Å². The van der Waals surface area contributed by atoms with Crippen molar-refractivity contribution in [3.05, 3.63) is 35.4 Å². The van der Waals surface area contributed by atoms with Gasteiger partial charge in [-0.25, -0.2) is 0 Å². The van der Waals surface area contributed by atoms with Crippen LogP contribution in [-0.2, 0) is 25.5 Å². The lowest BCUT2D eigenvalue weighted by atomic mass is 9.85. The fourth-order valence-electron chi connectivity index (χ4n) is 3.07. The monoisotopic (exact) mass is 404 g/mol. The molecule has 1 aromatic carbocycles. The Kier molecular flexibility index (Phi) is 11.3. The van der Waals surface area contributed by atoms with Gasteiger partial charge in [0.05, 0.1) is 13.2 Å². The van der Waals surface area contributed by atoms with Gasteiger partial charge >= 0.3 is 11.9 Å². The second-order valence-corrected chi connectivity index (χ2v) is 8.16. The first-order valence-electron chi connectivity index (χ1n) is 10.6. The van der Waals surface area contributed by atoms with E-state index in [0.29, 0.717) is 12.8 Å². The van der Waals surface area contributed by atoms with E-state index in [1.54, 1.807) is 0 Å². The maximum absolute atomic E-state index is 12.3. The van der Waals surface area contributed by atoms with Crippen LogP contribution in [0.15, 0.2) is 24.3 Å². The Morgan fingerprint density at radius 1 is 0.862 bits per heavy atom. The van der Waals surface area contributed by atoms with Gasteiger partial charge in [-0.15, -0.1) is 0 Å². The van der Waals surface area contributed by atoms with Gasteiger partial charge in [-0.2, -0.15) is 0 Å². The normalized spacial score (nSPS) is 11.2. The van der Waals surface area contributed by atoms with Crippen LogP contribution in [0.3, 0.4) is 0 Å². The minimum atomic E-state index is -0.454. The molecule has 0 aliphatic carbocycles.